The van der Waals surface area contributed by atoms with Crippen molar-refractivity contribution >= 4 is 33.9 Å². The van der Waals surface area contributed by atoms with Crippen LogP contribution in [0.3, 0.4) is 0 Å². The molecule has 0 bridgehead atoms. The molecule has 28 heavy (non-hydrogen) atoms. The number of anilines is 4. The van der Waals surface area contributed by atoms with Gasteiger partial charge in [0.1, 0.15) is 11.6 Å². The third kappa shape index (κ3) is 3.93. The summed E-state index contributed by atoms with van der Waals surface area (Å²) in [6.45, 7) is 1.35. The van der Waals surface area contributed by atoms with E-state index in [0.29, 0.717) is 30.3 Å². The van der Waals surface area contributed by atoms with Gasteiger partial charge in [0.15, 0.2) is 5.82 Å². The minimum Gasteiger partial charge on any atom is -0.399 e. The average molecular weight is 371 g/mol. The Hall–Kier alpha value is -3.87. The van der Waals surface area contributed by atoms with Gasteiger partial charge in [-0.1, -0.05) is 24.3 Å². The van der Waals surface area contributed by atoms with Crippen LogP contribution in [0.15, 0.2) is 66.9 Å². The van der Waals surface area contributed by atoms with Crippen molar-refractivity contribution in [3.63, 3.8) is 0 Å². The summed E-state index contributed by atoms with van der Waals surface area (Å²) in [6, 6.07) is 19.2. The van der Waals surface area contributed by atoms with Crippen LogP contribution in [0.1, 0.15) is 0 Å². The number of benzene rings is 2. The summed E-state index contributed by atoms with van der Waals surface area (Å²) < 4.78 is 0. The quantitative estimate of drug-likeness (QED) is 0.303. The Labute approximate surface area is 162 Å². The zero-order chi connectivity index (χ0) is 19.3. The molecule has 0 radical (unpaired) electrons. The number of nitrogens with one attached hydrogen (secondary N) is 2. The molecular weight excluding hydrogens is 350 g/mol. The first kappa shape index (κ1) is 17.5. The van der Waals surface area contributed by atoms with Crippen molar-refractivity contribution in [3.8, 4) is 11.4 Å². The standard InChI is InChI=1S/C21H21N7/c22-15-5-3-4-14(12-15)20-27-18-7-2-1-6-17(18)21(28-20)25-11-10-24-19-9-8-16(23)13-26-19/h1-9,12-13H,10-11,22-23H2,(H,24,26)(H,25,27,28). The summed E-state index contributed by atoms with van der Waals surface area (Å²) in [5, 5.41) is 7.62. The van der Waals surface area contributed by atoms with Gasteiger partial charge in [-0.05, 0) is 36.4 Å². The summed E-state index contributed by atoms with van der Waals surface area (Å²) in [5.74, 6) is 2.21. The molecule has 0 aliphatic heterocycles. The third-order valence-corrected chi connectivity index (χ3v) is 4.26. The lowest BCUT2D eigenvalue weighted by atomic mass is 10.1. The van der Waals surface area contributed by atoms with Crippen molar-refractivity contribution in [1.29, 1.82) is 0 Å². The number of pyridine rings is 1. The second kappa shape index (κ2) is 7.79. The fourth-order valence-corrected chi connectivity index (χ4v) is 2.90. The number of para-hydroxylation sites is 1. The van der Waals surface area contributed by atoms with Gasteiger partial charge in [-0.2, -0.15) is 0 Å². The van der Waals surface area contributed by atoms with Crippen molar-refractivity contribution in [2.75, 3.05) is 35.2 Å². The van der Waals surface area contributed by atoms with Crippen LogP contribution in [-0.4, -0.2) is 28.0 Å². The summed E-state index contributed by atoms with van der Waals surface area (Å²) >= 11 is 0. The largest absolute Gasteiger partial charge is 0.399 e. The van der Waals surface area contributed by atoms with Crippen LogP contribution in [0.4, 0.5) is 23.0 Å². The van der Waals surface area contributed by atoms with Crippen LogP contribution in [0, 0.1) is 0 Å². The molecule has 140 valence electrons. The number of aromatic nitrogens is 3. The Kier molecular flexibility index (Phi) is 4.88. The van der Waals surface area contributed by atoms with E-state index in [1.54, 1.807) is 6.20 Å². The molecule has 0 saturated carbocycles. The molecule has 7 nitrogen and oxygen atoms in total. The van der Waals surface area contributed by atoms with E-state index in [2.05, 4.69) is 20.6 Å². The Morgan fingerprint density at radius 3 is 2.46 bits per heavy atom. The predicted octanol–water partition coefficient (Wildman–Crippen LogP) is 3.38. The lowest BCUT2D eigenvalue weighted by Gasteiger charge is -2.12. The first-order valence-electron chi connectivity index (χ1n) is 9.01. The molecule has 4 rings (SSSR count). The highest BCUT2D eigenvalue weighted by atomic mass is 15.1. The van der Waals surface area contributed by atoms with Gasteiger partial charge in [0.05, 0.1) is 17.4 Å². The monoisotopic (exact) mass is 371 g/mol. The molecule has 2 aromatic heterocycles. The second-order valence-electron chi connectivity index (χ2n) is 6.37. The van der Waals surface area contributed by atoms with Crippen molar-refractivity contribution in [2.24, 2.45) is 0 Å². The summed E-state index contributed by atoms with van der Waals surface area (Å²) in [7, 11) is 0. The fraction of sp³-hybridized carbons (Fsp3) is 0.0952. The number of fused-ring (bicyclic) bond motifs is 1. The Morgan fingerprint density at radius 2 is 1.64 bits per heavy atom. The number of nitrogen functional groups attached to an aromatic ring is 2. The molecule has 0 aliphatic rings. The Bertz CT molecular complexity index is 1090. The van der Waals surface area contributed by atoms with Gasteiger partial charge < -0.3 is 22.1 Å². The fourth-order valence-electron chi connectivity index (χ4n) is 2.90. The van der Waals surface area contributed by atoms with Gasteiger partial charge in [0.25, 0.3) is 0 Å². The van der Waals surface area contributed by atoms with Gasteiger partial charge in [-0.15, -0.1) is 0 Å². The lowest BCUT2D eigenvalue weighted by molar-refractivity contribution is 1.04. The van der Waals surface area contributed by atoms with E-state index in [9.17, 15) is 0 Å². The van der Waals surface area contributed by atoms with E-state index in [-0.39, 0.29) is 0 Å². The minimum absolute atomic E-state index is 0.640. The van der Waals surface area contributed by atoms with E-state index in [1.165, 1.54) is 0 Å². The molecule has 0 spiro atoms. The molecule has 0 atom stereocenters. The molecule has 0 aliphatic carbocycles. The van der Waals surface area contributed by atoms with E-state index in [4.69, 9.17) is 16.5 Å². The maximum Gasteiger partial charge on any atom is 0.162 e. The molecule has 0 fully saturated rings. The first-order valence-corrected chi connectivity index (χ1v) is 9.01. The van der Waals surface area contributed by atoms with Crippen molar-refractivity contribution in [3.05, 3.63) is 66.9 Å². The molecule has 0 amide bonds. The van der Waals surface area contributed by atoms with Gasteiger partial charge in [0.2, 0.25) is 0 Å². The van der Waals surface area contributed by atoms with Crippen LogP contribution in [0.2, 0.25) is 0 Å². The van der Waals surface area contributed by atoms with Crippen LogP contribution < -0.4 is 22.1 Å². The second-order valence-corrected chi connectivity index (χ2v) is 6.37. The summed E-state index contributed by atoms with van der Waals surface area (Å²) in [6.07, 6.45) is 1.63. The number of nitrogens with zero attached hydrogens (tertiary/aromatic N) is 3. The number of hydrogen-bond donors (Lipinski definition) is 4. The third-order valence-electron chi connectivity index (χ3n) is 4.26. The maximum atomic E-state index is 5.92. The zero-order valence-electron chi connectivity index (χ0n) is 15.3. The average Bonchev–Trinajstić information content (AvgIpc) is 2.72. The summed E-state index contributed by atoms with van der Waals surface area (Å²) in [5.41, 5.74) is 14.7. The van der Waals surface area contributed by atoms with E-state index < -0.39 is 0 Å². The Morgan fingerprint density at radius 1 is 0.786 bits per heavy atom. The van der Waals surface area contributed by atoms with Crippen LogP contribution >= 0.6 is 0 Å². The van der Waals surface area contributed by atoms with Gasteiger partial charge >= 0.3 is 0 Å². The van der Waals surface area contributed by atoms with Gasteiger partial charge in [0, 0.05) is 29.7 Å². The summed E-state index contributed by atoms with van der Waals surface area (Å²) in [4.78, 5) is 13.7. The highest BCUT2D eigenvalue weighted by molar-refractivity contribution is 5.90. The van der Waals surface area contributed by atoms with E-state index in [1.807, 2.05) is 60.7 Å². The SMILES string of the molecule is Nc1ccc(NCCNc2nc(-c3cccc(N)c3)nc3ccccc23)nc1. The zero-order valence-corrected chi connectivity index (χ0v) is 15.3. The first-order chi connectivity index (χ1) is 13.7. The number of nitrogens with two attached hydrogens (primary N) is 2. The molecule has 7 heteroatoms. The predicted molar refractivity (Wildman–Crippen MR) is 115 cm³/mol. The van der Waals surface area contributed by atoms with Gasteiger partial charge in [-0.25, -0.2) is 15.0 Å². The number of rotatable bonds is 6. The van der Waals surface area contributed by atoms with E-state index >= 15 is 0 Å². The topological polar surface area (TPSA) is 115 Å². The van der Waals surface area contributed by atoms with Crippen molar-refractivity contribution in [1.82, 2.24) is 15.0 Å². The van der Waals surface area contributed by atoms with Crippen LogP contribution in [0.5, 0.6) is 0 Å². The normalized spacial score (nSPS) is 10.7. The highest BCUT2D eigenvalue weighted by Crippen LogP contribution is 2.25. The smallest absolute Gasteiger partial charge is 0.162 e. The molecule has 4 aromatic rings. The molecule has 2 aromatic carbocycles. The van der Waals surface area contributed by atoms with E-state index in [0.717, 1.165) is 28.1 Å². The van der Waals surface area contributed by atoms with Crippen molar-refractivity contribution < 1.29 is 0 Å². The minimum atomic E-state index is 0.640. The van der Waals surface area contributed by atoms with Crippen molar-refractivity contribution in [2.45, 2.75) is 0 Å². The molecule has 0 saturated heterocycles. The van der Waals surface area contributed by atoms with Gasteiger partial charge in [-0.3, -0.25) is 0 Å². The highest BCUT2D eigenvalue weighted by Gasteiger charge is 2.09. The molecular formula is C21H21N7. The lowest BCUT2D eigenvalue weighted by Crippen LogP contribution is -2.15. The van der Waals surface area contributed by atoms with Crippen LogP contribution in [-0.2, 0) is 0 Å². The van der Waals surface area contributed by atoms with Crippen LogP contribution in [0.25, 0.3) is 22.3 Å². The molecule has 6 N–H and O–H groups in total. The maximum absolute atomic E-state index is 5.92. The number of hydrogen-bond acceptors (Lipinski definition) is 7. The Balaban J connectivity index is 1.54. The molecule has 2 heterocycles. The molecule has 0 unspecified atom stereocenters.